The number of carboxylic acid groups (broad SMARTS) is 1. The lowest BCUT2D eigenvalue weighted by Gasteiger charge is -2.37. The zero-order valence-corrected chi connectivity index (χ0v) is 14.8. The van der Waals surface area contributed by atoms with Crippen LogP contribution in [0.4, 0.5) is 0 Å². The van der Waals surface area contributed by atoms with Crippen LogP contribution in [0.25, 0.3) is 0 Å². The topological polar surface area (TPSA) is 57.6 Å². The van der Waals surface area contributed by atoms with Gasteiger partial charge in [-0.1, -0.05) is 45.0 Å². The zero-order chi connectivity index (χ0) is 17.5. The second-order valence-electron chi connectivity index (χ2n) is 8.19. The second kappa shape index (κ2) is 6.23. The van der Waals surface area contributed by atoms with Gasteiger partial charge in [-0.25, -0.2) is 0 Å². The third-order valence-electron chi connectivity index (χ3n) is 5.61. The molecule has 1 N–H and O–H groups in total. The summed E-state index contributed by atoms with van der Waals surface area (Å²) < 4.78 is 0. The van der Waals surface area contributed by atoms with Gasteiger partial charge < -0.3 is 10.0 Å². The predicted octanol–water partition coefficient (Wildman–Crippen LogP) is 3.76. The fourth-order valence-corrected chi connectivity index (χ4v) is 3.89. The van der Waals surface area contributed by atoms with E-state index in [1.807, 2.05) is 4.90 Å². The molecule has 0 aromatic heterocycles. The summed E-state index contributed by atoms with van der Waals surface area (Å²) in [6.45, 7) is 7.31. The van der Waals surface area contributed by atoms with Gasteiger partial charge in [0, 0.05) is 6.54 Å². The summed E-state index contributed by atoms with van der Waals surface area (Å²) in [6.07, 6.45) is 3.29. The molecular weight excluding hydrogens is 302 g/mol. The van der Waals surface area contributed by atoms with Crippen LogP contribution >= 0.6 is 0 Å². The number of likely N-dealkylation sites (tertiary alicyclic amines) is 1. The molecule has 1 heterocycles. The molecule has 1 aliphatic carbocycles. The van der Waals surface area contributed by atoms with Gasteiger partial charge in [0.25, 0.3) is 0 Å². The number of carboxylic acids is 1. The SMILES string of the molecule is CC(C)(C)c1ccc(C2CCCN2C(=O)C2CCC2C(=O)O)cc1. The van der Waals surface area contributed by atoms with E-state index >= 15 is 0 Å². The average Bonchev–Trinajstić information content (AvgIpc) is 2.94. The van der Waals surface area contributed by atoms with Gasteiger partial charge >= 0.3 is 5.97 Å². The minimum atomic E-state index is -0.829. The highest BCUT2D eigenvalue weighted by molar-refractivity contribution is 5.86. The summed E-state index contributed by atoms with van der Waals surface area (Å²) in [5.74, 6) is -1.60. The van der Waals surface area contributed by atoms with Gasteiger partial charge in [0.2, 0.25) is 5.91 Å². The van der Waals surface area contributed by atoms with Gasteiger partial charge in [-0.15, -0.1) is 0 Å². The number of hydrogen-bond donors (Lipinski definition) is 1. The summed E-state index contributed by atoms with van der Waals surface area (Å²) in [4.78, 5) is 26.0. The van der Waals surface area contributed by atoms with E-state index in [-0.39, 0.29) is 23.3 Å². The zero-order valence-electron chi connectivity index (χ0n) is 14.8. The van der Waals surface area contributed by atoms with Gasteiger partial charge in [-0.2, -0.15) is 0 Å². The minimum Gasteiger partial charge on any atom is -0.481 e. The van der Waals surface area contributed by atoms with E-state index in [0.717, 1.165) is 19.4 Å². The molecule has 24 heavy (non-hydrogen) atoms. The maximum atomic E-state index is 12.8. The molecule has 3 unspecified atom stereocenters. The molecule has 0 spiro atoms. The van der Waals surface area contributed by atoms with Crippen LogP contribution in [0.2, 0.25) is 0 Å². The van der Waals surface area contributed by atoms with Crippen LogP contribution in [-0.4, -0.2) is 28.4 Å². The summed E-state index contributed by atoms with van der Waals surface area (Å²) in [7, 11) is 0. The number of amides is 1. The Kier molecular flexibility index (Phi) is 4.41. The number of rotatable bonds is 3. The Hall–Kier alpha value is -1.84. The summed E-state index contributed by atoms with van der Waals surface area (Å²) in [5.41, 5.74) is 2.57. The Bertz CT molecular complexity index is 629. The molecular formula is C20H27NO3. The first-order valence-corrected chi connectivity index (χ1v) is 8.93. The molecule has 2 aliphatic rings. The standard InChI is InChI=1S/C20H27NO3/c1-20(2,3)14-8-6-13(7-9-14)17-5-4-12-21(17)18(22)15-10-11-16(15)19(23)24/h6-9,15-17H,4-5,10-12H2,1-3H3,(H,23,24). The van der Waals surface area contributed by atoms with E-state index < -0.39 is 11.9 Å². The van der Waals surface area contributed by atoms with Crippen molar-refractivity contribution in [1.29, 1.82) is 0 Å². The smallest absolute Gasteiger partial charge is 0.307 e. The maximum Gasteiger partial charge on any atom is 0.307 e. The lowest BCUT2D eigenvalue weighted by atomic mass is 9.72. The highest BCUT2D eigenvalue weighted by atomic mass is 16.4. The summed E-state index contributed by atoms with van der Waals surface area (Å²) >= 11 is 0. The Balaban J connectivity index is 1.76. The molecule has 3 atom stereocenters. The minimum absolute atomic E-state index is 0.0380. The van der Waals surface area contributed by atoms with Gasteiger partial charge in [-0.3, -0.25) is 9.59 Å². The molecule has 0 bridgehead atoms. The van der Waals surface area contributed by atoms with Gasteiger partial charge in [0.15, 0.2) is 0 Å². The van der Waals surface area contributed by atoms with Gasteiger partial charge in [0.1, 0.15) is 0 Å². The Morgan fingerprint density at radius 2 is 1.67 bits per heavy atom. The third kappa shape index (κ3) is 3.06. The fraction of sp³-hybridized carbons (Fsp3) is 0.600. The quantitative estimate of drug-likeness (QED) is 0.918. The summed E-state index contributed by atoms with van der Waals surface area (Å²) in [6, 6.07) is 8.67. The van der Waals surface area contributed by atoms with E-state index in [2.05, 4.69) is 45.0 Å². The summed E-state index contributed by atoms with van der Waals surface area (Å²) in [5, 5.41) is 9.21. The van der Waals surface area contributed by atoms with E-state index in [9.17, 15) is 14.7 Å². The molecule has 3 rings (SSSR count). The molecule has 1 aromatic carbocycles. The highest BCUT2D eigenvalue weighted by Gasteiger charge is 2.45. The van der Waals surface area contributed by atoms with Crippen LogP contribution < -0.4 is 0 Å². The molecule has 1 amide bonds. The normalized spacial score (nSPS) is 27.0. The number of carbonyl (C=O) groups is 2. The fourth-order valence-electron chi connectivity index (χ4n) is 3.89. The van der Waals surface area contributed by atoms with Crippen LogP contribution in [0.3, 0.4) is 0 Å². The van der Waals surface area contributed by atoms with Crippen molar-refractivity contribution in [2.24, 2.45) is 11.8 Å². The van der Waals surface area contributed by atoms with Crippen molar-refractivity contribution in [3.05, 3.63) is 35.4 Å². The third-order valence-corrected chi connectivity index (χ3v) is 5.61. The molecule has 2 fully saturated rings. The molecule has 1 aliphatic heterocycles. The maximum absolute atomic E-state index is 12.8. The Morgan fingerprint density at radius 1 is 1.04 bits per heavy atom. The van der Waals surface area contributed by atoms with Crippen molar-refractivity contribution < 1.29 is 14.7 Å². The van der Waals surface area contributed by atoms with E-state index in [0.29, 0.717) is 12.8 Å². The van der Waals surface area contributed by atoms with Crippen LogP contribution in [0.1, 0.15) is 63.6 Å². The molecule has 1 saturated carbocycles. The monoisotopic (exact) mass is 329 g/mol. The lowest BCUT2D eigenvalue weighted by Crippen LogP contribution is -2.45. The number of benzene rings is 1. The molecule has 4 nitrogen and oxygen atoms in total. The lowest BCUT2D eigenvalue weighted by molar-refractivity contribution is -0.157. The van der Waals surface area contributed by atoms with Gasteiger partial charge in [-0.05, 0) is 42.2 Å². The number of nitrogens with zero attached hydrogens (tertiary/aromatic N) is 1. The Labute approximate surface area is 143 Å². The van der Waals surface area contributed by atoms with Crippen molar-refractivity contribution in [3.63, 3.8) is 0 Å². The average molecular weight is 329 g/mol. The van der Waals surface area contributed by atoms with E-state index in [1.54, 1.807) is 0 Å². The molecule has 4 heteroatoms. The molecule has 130 valence electrons. The highest BCUT2D eigenvalue weighted by Crippen LogP contribution is 2.40. The van der Waals surface area contributed by atoms with Crippen LogP contribution in [-0.2, 0) is 15.0 Å². The van der Waals surface area contributed by atoms with Crippen molar-refractivity contribution in [1.82, 2.24) is 4.90 Å². The van der Waals surface area contributed by atoms with E-state index in [1.165, 1.54) is 11.1 Å². The van der Waals surface area contributed by atoms with Crippen molar-refractivity contribution in [2.45, 2.75) is 57.9 Å². The van der Waals surface area contributed by atoms with Crippen molar-refractivity contribution >= 4 is 11.9 Å². The number of hydrogen-bond acceptors (Lipinski definition) is 2. The van der Waals surface area contributed by atoms with Crippen LogP contribution in [0, 0.1) is 11.8 Å². The first kappa shape index (κ1) is 17.0. The predicted molar refractivity (Wildman–Crippen MR) is 92.7 cm³/mol. The Morgan fingerprint density at radius 3 is 2.17 bits per heavy atom. The first-order valence-electron chi connectivity index (χ1n) is 8.93. The molecule has 1 saturated heterocycles. The van der Waals surface area contributed by atoms with Crippen molar-refractivity contribution in [2.75, 3.05) is 6.54 Å². The second-order valence-corrected chi connectivity index (χ2v) is 8.19. The number of aliphatic carboxylic acids is 1. The molecule has 1 aromatic rings. The van der Waals surface area contributed by atoms with Crippen molar-refractivity contribution in [3.8, 4) is 0 Å². The molecule has 0 radical (unpaired) electrons. The number of carbonyl (C=O) groups excluding carboxylic acids is 1. The van der Waals surface area contributed by atoms with Crippen LogP contribution in [0.5, 0.6) is 0 Å². The van der Waals surface area contributed by atoms with Gasteiger partial charge in [0.05, 0.1) is 17.9 Å². The first-order chi connectivity index (χ1) is 11.3. The van der Waals surface area contributed by atoms with Crippen LogP contribution in [0.15, 0.2) is 24.3 Å². The van der Waals surface area contributed by atoms with E-state index in [4.69, 9.17) is 0 Å². The largest absolute Gasteiger partial charge is 0.481 e.